The Balaban J connectivity index is 1.78. The van der Waals surface area contributed by atoms with E-state index in [1.807, 2.05) is 19.1 Å². The molecular formula is C17H21NO5S. The number of methoxy groups -OCH3 is 1. The van der Waals surface area contributed by atoms with Crippen LogP contribution in [0.5, 0.6) is 5.75 Å². The van der Waals surface area contributed by atoms with Crippen LogP contribution in [0.3, 0.4) is 0 Å². The van der Waals surface area contributed by atoms with Crippen LogP contribution < -0.4 is 4.74 Å². The van der Waals surface area contributed by atoms with Gasteiger partial charge in [0.05, 0.1) is 31.3 Å². The fraction of sp³-hybridized carbons (Fsp3) is 0.471. The van der Waals surface area contributed by atoms with E-state index in [0.29, 0.717) is 24.3 Å². The normalized spacial score (nSPS) is 19.5. The van der Waals surface area contributed by atoms with Gasteiger partial charge in [-0.25, -0.2) is 8.42 Å². The standard InChI is InChI=1S/C17H21NO5S/c1-3-18(13-6-7-24(20,21)11-13)17(19)8-12-10-23-16-9-14(22-2)4-5-15(12)16/h4-5,9-10,13H,3,6-8,11H2,1-2H3/t13-/m1/s1. The highest BCUT2D eigenvalue weighted by molar-refractivity contribution is 7.91. The number of benzene rings is 1. The van der Waals surface area contributed by atoms with Crippen LogP contribution in [0.15, 0.2) is 28.9 Å². The molecule has 1 saturated heterocycles. The summed E-state index contributed by atoms with van der Waals surface area (Å²) >= 11 is 0. The number of rotatable bonds is 5. The smallest absolute Gasteiger partial charge is 0.227 e. The first kappa shape index (κ1) is 16.8. The van der Waals surface area contributed by atoms with Crippen molar-refractivity contribution in [3.05, 3.63) is 30.0 Å². The van der Waals surface area contributed by atoms with E-state index in [9.17, 15) is 13.2 Å². The van der Waals surface area contributed by atoms with Crippen LogP contribution in [-0.4, -0.2) is 50.4 Å². The molecular weight excluding hydrogens is 330 g/mol. The molecule has 0 N–H and O–H groups in total. The number of nitrogens with zero attached hydrogens (tertiary/aromatic N) is 1. The van der Waals surface area contributed by atoms with Crippen LogP contribution in [0, 0.1) is 0 Å². The van der Waals surface area contributed by atoms with Crippen LogP contribution >= 0.6 is 0 Å². The molecule has 3 rings (SSSR count). The molecule has 130 valence electrons. The first-order valence-corrected chi connectivity index (χ1v) is 9.79. The zero-order chi connectivity index (χ0) is 17.3. The molecule has 1 fully saturated rings. The highest BCUT2D eigenvalue weighted by Gasteiger charge is 2.34. The number of ether oxygens (including phenoxy) is 1. The van der Waals surface area contributed by atoms with E-state index in [1.165, 1.54) is 0 Å². The Hall–Kier alpha value is -2.02. The molecule has 1 aliphatic heterocycles. The van der Waals surface area contributed by atoms with Crippen molar-refractivity contribution >= 4 is 26.7 Å². The lowest BCUT2D eigenvalue weighted by atomic mass is 10.1. The van der Waals surface area contributed by atoms with Crippen LogP contribution in [0.1, 0.15) is 18.9 Å². The van der Waals surface area contributed by atoms with E-state index in [0.717, 1.165) is 10.9 Å². The van der Waals surface area contributed by atoms with E-state index in [-0.39, 0.29) is 29.9 Å². The summed E-state index contributed by atoms with van der Waals surface area (Å²) in [5.74, 6) is 0.852. The summed E-state index contributed by atoms with van der Waals surface area (Å²) in [5.41, 5.74) is 1.47. The van der Waals surface area contributed by atoms with Gasteiger partial charge >= 0.3 is 0 Å². The molecule has 0 bridgehead atoms. The minimum atomic E-state index is -3.01. The van der Waals surface area contributed by atoms with Crippen molar-refractivity contribution in [3.63, 3.8) is 0 Å². The van der Waals surface area contributed by atoms with E-state index >= 15 is 0 Å². The van der Waals surface area contributed by atoms with Gasteiger partial charge in [-0.05, 0) is 25.5 Å². The van der Waals surface area contributed by atoms with Crippen molar-refractivity contribution in [1.82, 2.24) is 4.90 Å². The summed E-state index contributed by atoms with van der Waals surface area (Å²) in [6.07, 6.45) is 2.30. The molecule has 7 heteroatoms. The van der Waals surface area contributed by atoms with Crippen molar-refractivity contribution in [1.29, 1.82) is 0 Å². The van der Waals surface area contributed by atoms with E-state index in [2.05, 4.69) is 0 Å². The summed E-state index contributed by atoms with van der Waals surface area (Å²) in [6, 6.07) is 5.26. The maximum atomic E-state index is 12.7. The number of likely N-dealkylation sites (N-methyl/N-ethyl adjacent to an activating group) is 1. The van der Waals surface area contributed by atoms with Gasteiger partial charge in [0.2, 0.25) is 5.91 Å². The first-order valence-electron chi connectivity index (χ1n) is 7.97. The van der Waals surface area contributed by atoms with Crippen LogP contribution in [0.2, 0.25) is 0 Å². The molecule has 0 radical (unpaired) electrons. The van der Waals surface area contributed by atoms with Crippen molar-refractivity contribution in [2.45, 2.75) is 25.8 Å². The van der Waals surface area contributed by atoms with E-state index in [4.69, 9.17) is 9.15 Å². The van der Waals surface area contributed by atoms with E-state index in [1.54, 1.807) is 24.3 Å². The number of carbonyl (C=O) groups is 1. The minimum absolute atomic E-state index is 0.0654. The molecule has 24 heavy (non-hydrogen) atoms. The Morgan fingerprint density at radius 1 is 1.42 bits per heavy atom. The Kier molecular flexibility index (Phi) is 4.54. The third kappa shape index (κ3) is 3.26. The number of carbonyl (C=O) groups excluding carboxylic acids is 1. The van der Waals surface area contributed by atoms with Gasteiger partial charge in [0, 0.05) is 29.6 Å². The summed E-state index contributed by atoms with van der Waals surface area (Å²) in [4.78, 5) is 14.3. The zero-order valence-corrected chi connectivity index (χ0v) is 14.6. The quantitative estimate of drug-likeness (QED) is 0.824. The lowest BCUT2D eigenvalue weighted by molar-refractivity contribution is -0.132. The molecule has 2 aromatic rings. The van der Waals surface area contributed by atoms with E-state index < -0.39 is 9.84 Å². The highest BCUT2D eigenvalue weighted by atomic mass is 32.2. The second-order valence-corrected chi connectivity index (χ2v) is 8.27. The van der Waals surface area contributed by atoms with Gasteiger partial charge in [-0.3, -0.25) is 4.79 Å². The Morgan fingerprint density at radius 2 is 2.21 bits per heavy atom. The monoisotopic (exact) mass is 351 g/mol. The zero-order valence-electron chi connectivity index (χ0n) is 13.8. The summed E-state index contributed by atoms with van der Waals surface area (Å²) < 4.78 is 34.0. The molecule has 2 heterocycles. The molecule has 1 amide bonds. The first-order chi connectivity index (χ1) is 11.4. The van der Waals surface area contributed by atoms with Gasteiger partial charge in [0.1, 0.15) is 11.3 Å². The van der Waals surface area contributed by atoms with Gasteiger partial charge < -0.3 is 14.1 Å². The molecule has 1 aromatic heterocycles. The predicted molar refractivity (Wildman–Crippen MR) is 90.9 cm³/mol. The third-order valence-corrected chi connectivity index (χ3v) is 6.27. The SMILES string of the molecule is CCN(C(=O)Cc1coc2cc(OC)ccc12)[C@@H]1CCS(=O)(=O)C1. The molecule has 0 aliphatic carbocycles. The van der Waals surface area contributed by atoms with Gasteiger partial charge in [-0.15, -0.1) is 0 Å². The number of fused-ring (bicyclic) bond motifs is 1. The molecule has 1 aromatic carbocycles. The van der Waals surface area contributed by atoms with Gasteiger partial charge in [0.25, 0.3) is 0 Å². The molecule has 0 spiro atoms. The lowest BCUT2D eigenvalue weighted by Gasteiger charge is -2.26. The molecule has 6 nitrogen and oxygen atoms in total. The molecule has 0 unspecified atom stereocenters. The summed E-state index contributed by atoms with van der Waals surface area (Å²) in [5, 5.41) is 0.874. The van der Waals surface area contributed by atoms with Gasteiger partial charge in [-0.2, -0.15) is 0 Å². The largest absolute Gasteiger partial charge is 0.497 e. The average molecular weight is 351 g/mol. The average Bonchev–Trinajstić information content (AvgIpc) is 3.11. The number of hydrogen-bond acceptors (Lipinski definition) is 5. The lowest BCUT2D eigenvalue weighted by Crippen LogP contribution is -2.41. The second kappa shape index (κ2) is 6.47. The number of sulfone groups is 1. The Morgan fingerprint density at radius 3 is 2.83 bits per heavy atom. The number of amides is 1. The van der Waals surface area contributed by atoms with Gasteiger partial charge in [0.15, 0.2) is 9.84 Å². The minimum Gasteiger partial charge on any atom is -0.497 e. The topological polar surface area (TPSA) is 76.8 Å². The maximum absolute atomic E-state index is 12.7. The van der Waals surface area contributed by atoms with Crippen LogP contribution in [-0.2, 0) is 21.1 Å². The van der Waals surface area contributed by atoms with Crippen molar-refractivity contribution in [2.24, 2.45) is 0 Å². The Labute approximate surface area is 141 Å². The second-order valence-electron chi connectivity index (χ2n) is 6.04. The summed E-state index contributed by atoms with van der Waals surface area (Å²) in [6.45, 7) is 2.38. The molecule has 1 aliphatic rings. The molecule has 0 saturated carbocycles. The summed E-state index contributed by atoms with van der Waals surface area (Å²) in [7, 11) is -1.43. The van der Waals surface area contributed by atoms with Crippen LogP contribution in [0.4, 0.5) is 0 Å². The van der Waals surface area contributed by atoms with Crippen molar-refractivity contribution < 1.29 is 22.4 Å². The van der Waals surface area contributed by atoms with Gasteiger partial charge in [-0.1, -0.05) is 0 Å². The maximum Gasteiger partial charge on any atom is 0.227 e. The Bertz CT molecular complexity index is 855. The van der Waals surface area contributed by atoms with Crippen LogP contribution in [0.25, 0.3) is 11.0 Å². The fourth-order valence-electron chi connectivity index (χ4n) is 3.25. The number of furan rings is 1. The fourth-order valence-corrected chi connectivity index (χ4v) is 4.98. The highest BCUT2D eigenvalue weighted by Crippen LogP contribution is 2.27. The molecule has 1 atom stereocenters. The third-order valence-electron chi connectivity index (χ3n) is 4.51. The van der Waals surface area contributed by atoms with Crippen molar-refractivity contribution in [2.75, 3.05) is 25.2 Å². The predicted octanol–water partition coefficient (Wildman–Crippen LogP) is 2.02. The van der Waals surface area contributed by atoms with Crippen molar-refractivity contribution in [3.8, 4) is 5.75 Å². The number of hydrogen-bond donors (Lipinski definition) is 0.